The van der Waals surface area contributed by atoms with Crippen molar-refractivity contribution >= 4 is 33.3 Å². The van der Waals surface area contributed by atoms with E-state index in [4.69, 9.17) is 0 Å². The molecule has 0 atom stereocenters. The average molecular weight is 428 g/mol. The molecule has 0 bridgehead atoms. The molecule has 3 N–H and O–H groups in total. The van der Waals surface area contributed by atoms with Crippen molar-refractivity contribution in [2.24, 2.45) is 0 Å². The van der Waals surface area contributed by atoms with Gasteiger partial charge >= 0.3 is 5.97 Å². The van der Waals surface area contributed by atoms with E-state index in [2.05, 4.69) is 25.0 Å². The van der Waals surface area contributed by atoms with E-state index < -0.39 is 26.9 Å². The lowest BCUT2D eigenvalue weighted by atomic mass is 10.2. The fraction of sp³-hybridized carbons (Fsp3) is 0.150. The van der Waals surface area contributed by atoms with Crippen molar-refractivity contribution in [1.29, 1.82) is 0 Å². The molecule has 1 aromatic heterocycles. The van der Waals surface area contributed by atoms with E-state index in [0.29, 0.717) is 11.4 Å². The molecule has 3 aromatic rings. The van der Waals surface area contributed by atoms with Crippen LogP contribution in [-0.4, -0.2) is 37.6 Å². The zero-order chi connectivity index (χ0) is 21.9. The Balaban J connectivity index is 1.89. The quantitative estimate of drug-likeness (QED) is 0.518. The highest BCUT2D eigenvalue weighted by Gasteiger charge is 2.28. The van der Waals surface area contributed by atoms with E-state index in [9.17, 15) is 18.0 Å². The second-order valence-electron chi connectivity index (χ2n) is 6.53. The van der Waals surface area contributed by atoms with Crippen molar-refractivity contribution in [2.75, 3.05) is 17.1 Å². The Morgan fingerprint density at radius 2 is 1.73 bits per heavy atom. The molecule has 0 aliphatic carbocycles. The second-order valence-corrected chi connectivity index (χ2v) is 8.12. The van der Waals surface area contributed by atoms with Gasteiger partial charge in [-0.15, -0.1) is 0 Å². The van der Waals surface area contributed by atoms with Gasteiger partial charge < -0.3 is 10.1 Å². The van der Waals surface area contributed by atoms with E-state index in [1.807, 2.05) is 6.92 Å². The number of H-pyrrole nitrogens is 1. The number of methoxy groups -OCH3 is 1. The number of nitrogens with one attached hydrogen (secondary N) is 3. The first-order chi connectivity index (χ1) is 14.2. The summed E-state index contributed by atoms with van der Waals surface area (Å²) < 4.78 is 32.7. The number of sulfonamides is 1. The number of amides is 1. The maximum Gasteiger partial charge on any atom is 0.337 e. The fourth-order valence-electron chi connectivity index (χ4n) is 2.73. The molecule has 0 radical (unpaired) electrons. The Morgan fingerprint density at radius 1 is 1.03 bits per heavy atom. The van der Waals surface area contributed by atoms with Crippen LogP contribution in [0.15, 0.2) is 53.6 Å². The maximum atomic E-state index is 12.8. The first kappa shape index (κ1) is 21.1. The van der Waals surface area contributed by atoms with Crippen molar-refractivity contribution < 1.29 is 22.7 Å². The molecular weight excluding hydrogens is 408 g/mol. The van der Waals surface area contributed by atoms with E-state index in [-0.39, 0.29) is 16.8 Å². The number of benzene rings is 2. The molecule has 0 aliphatic heterocycles. The number of aromatic nitrogens is 2. The SMILES string of the molecule is COC(=O)c1cccc(NC(=O)c2c(S(=O)(=O)Nc3ccc(C)cc3)n[nH]c2C)c1. The van der Waals surface area contributed by atoms with E-state index >= 15 is 0 Å². The van der Waals surface area contributed by atoms with Crippen LogP contribution in [0.25, 0.3) is 0 Å². The summed E-state index contributed by atoms with van der Waals surface area (Å²) in [5.41, 5.74) is 2.02. The van der Waals surface area contributed by atoms with Gasteiger partial charge in [0.2, 0.25) is 5.03 Å². The van der Waals surface area contributed by atoms with Crippen LogP contribution in [0.3, 0.4) is 0 Å². The first-order valence-electron chi connectivity index (χ1n) is 8.85. The highest BCUT2D eigenvalue weighted by Crippen LogP contribution is 2.22. The number of anilines is 2. The van der Waals surface area contributed by atoms with Crippen LogP contribution in [0, 0.1) is 13.8 Å². The summed E-state index contributed by atoms with van der Waals surface area (Å²) in [5, 5.41) is 8.51. The van der Waals surface area contributed by atoms with Crippen LogP contribution < -0.4 is 10.0 Å². The summed E-state index contributed by atoms with van der Waals surface area (Å²) in [6.45, 7) is 3.42. The Labute approximate surface area is 173 Å². The van der Waals surface area contributed by atoms with Crippen LogP contribution in [0.4, 0.5) is 11.4 Å². The van der Waals surface area contributed by atoms with Gasteiger partial charge in [0.15, 0.2) is 0 Å². The lowest BCUT2D eigenvalue weighted by molar-refractivity contribution is 0.0600. The van der Waals surface area contributed by atoms with Gasteiger partial charge in [-0.2, -0.15) is 13.5 Å². The fourth-order valence-corrected chi connectivity index (χ4v) is 3.95. The van der Waals surface area contributed by atoms with Crippen LogP contribution >= 0.6 is 0 Å². The number of carbonyl (C=O) groups is 2. The first-order valence-corrected chi connectivity index (χ1v) is 10.3. The molecular formula is C20H20N4O5S. The van der Waals surface area contributed by atoms with Crippen LogP contribution in [0.2, 0.25) is 0 Å². The van der Waals surface area contributed by atoms with Crippen molar-refractivity contribution in [1.82, 2.24) is 10.2 Å². The standard InChI is InChI=1S/C20H20N4O5S/c1-12-7-9-15(10-8-12)24-30(27,28)19-17(13(2)22-23-19)18(25)21-16-6-4-5-14(11-16)20(26)29-3/h4-11,24H,1-3H3,(H,21,25)(H,22,23). The van der Waals surface area contributed by atoms with Gasteiger partial charge in [0.25, 0.3) is 15.9 Å². The van der Waals surface area contributed by atoms with Crippen molar-refractivity contribution in [3.05, 3.63) is 70.9 Å². The molecule has 0 aliphatic rings. The summed E-state index contributed by atoms with van der Waals surface area (Å²) in [6, 6.07) is 12.9. The number of rotatable bonds is 6. The number of aryl methyl sites for hydroxylation is 2. The summed E-state index contributed by atoms with van der Waals surface area (Å²) >= 11 is 0. The zero-order valence-electron chi connectivity index (χ0n) is 16.5. The molecule has 2 aromatic carbocycles. The Hall–Kier alpha value is -3.66. The number of ether oxygens (including phenoxy) is 1. The lowest BCUT2D eigenvalue weighted by Gasteiger charge is -2.10. The highest BCUT2D eigenvalue weighted by atomic mass is 32.2. The summed E-state index contributed by atoms with van der Waals surface area (Å²) in [4.78, 5) is 24.5. The molecule has 10 heteroatoms. The summed E-state index contributed by atoms with van der Waals surface area (Å²) in [5.74, 6) is -1.25. The minimum atomic E-state index is -4.13. The summed E-state index contributed by atoms with van der Waals surface area (Å²) in [7, 11) is -2.88. The third kappa shape index (κ3) is 4.49. The largest absolute Gasteiger partial charge is 0.465 e. The van der Waals surface area contributed by atoms with Gasteiger partial charge in [-0.05, 0) is 44.2 Å². The summed E-state index contributed by atoms with van der Waals surface area (Å²) in [6.07, 6.45) is 0. The van der Waals surface area contributed by atoms with Gasteiger partial charge in [0.1, 0.15) is 5.56 Å². The minimum Gasteiger partial charge on any atom is -0.465 e. The Bertz CT molecular complexity index is 1200. The van der Waals surface area contributed by atoms with Gasteiger partial charge in [-0.1, -0.05) is 23.8 Å². The molecule has 9 nitrogen and oxygen atoms in total. The average Bonchev–Trinajstić information content (AvgIpc) is 3.12. The number of esters is 1. The topological polar surface area (TPSA) is 130 Å². The van der Waals surface area contributed by atoms with Gasteiger partial charge in [-0.3, -0.25) is 14.6 Å². The Kier molecular flexibility index (Phi) is 5.88. The van der Waals surface area contributed by atoms with Crippen LogP contribution in [0.1, 0.15) is 32.0 Å². The van der Waals surface area contributed by atoms with E-state index in [0.717, 1.165) is 5.56 Å². The third-order valence-electron chi connectivity index (χ3n) is 4.24. The molecule has 1 heterocycles. The number of carbonyl (C=O) groups excluding carboxylic acids is 2. The molecule has 0 fully saturated rings. The van der Waals surface area contributed by atoms with Gasteiger partial charge in [0, 0.05) is 17.1 Å². The predicted molar refractivity (Wildman–Crippen MR) is 111 cm³/mol. The molecule has 156 valence electrons. The monoisotopic (exact) mass is 428 g/mol. The second kappa shape index (κ2) is 8.37. The van der Waals surface area contributed by atoms with Crippen LogP contribution in [-0.2, 0) is 14.8 Å². The van der Waals surface area contributed by atoms with Crippen molar-refractivity contribution in [3.63, 3.8) is 0 Å². The normalized spacial score (nSPS) is 11.0. The predicted octanol–water partition coefficient (Wildman–Crippen LogP) is 2.87. The third-order valence-corrected chi connectivity index (χ3v) is 5.55. The molecule has 0 spiro atoms. The molecule has 0 unspecified atom stereocenters. The number of hydrogen-bond donors (Lipinski definition) is 3. The van der Waals surface area contributed by atoms with Gasteiger partial charge in [0.05, 0.1) is 12.7 Å². The number of nitrogens with zero attached hydrogens (tertiary/aromatic N) is 1. The van der Waals surface area contributed by atoms with Crippen molar-refractivity contribution in [2.45, 2.75) is 18.9 Å². The molecule has 0 saturated carbocycles. The van der Waals surface area contributed by atoms with Crippen LogP contribution in [0.5, 0.6) is 0 Å². The van der Waals surface area contributed by atoms with Crippen molar-refractivity contribution in [3.8, 4) is 0 Å². The zero-order valence-corrected chi connectivity index (χ0v) is 17.3. The number of aromatic amines is 1. The van der Waals surface area contributed by atoms with E-state index in [1.165, 1.54) is 26.2 Å². The highest BCUT2D eigenvalue weighted by molar-refractivity contribution is 7.92. The Morgan fingerprint density at radius 3 is 2.40 bits per heavy atom. The number of hydrogen-bond acceptors (Lipinski definition) is 6. The van der Waals surface area contributed by atoms with E-state index in [1.54, 1.807) is 36.4 Å². The molecule has 3 rings (SSSR count). The maximum absolute atomic E-state index is 12.8. The molecule has 0 saturated heterocycles. The molecule has 30 heavy (non-hydrogen) atoms. The smallest absolute Gasteiger partial charge is 0.337 e. The molecule has 1 amide bonds. The minimum absolute atomic E-state index is 0.127. The lowest BCUT2D eigenvalue weighted by Crippen LogP contribution is -2.20. The van der Waals surface area contributed by atoms with Gasteiger partial charge in [-0.25, -0.2) is 4.79 Å².